The second kappa shape index (κ2) is 4.50. The molecule has 20 heavy (non-hydrogen) atoms. The molecule has 0 saturated heterocycles. The summed E-state index contributed by atoms with van der Waals surface area (Å²) in [5.41, 5.74) is 1.49. The normalized spacial score (nSPS) is 18.9. The second-order valence-electron chi connectivity index (χ2n) is 4.93. The molecule has 1 aliphatic carbocycles. The van der Waals surface area contributed by atoms with Crippen LogP contribution >= 0.6 is 0 Å². The molecule has 4 nitrogen and oxygen atoms in total. The maximum atomic E-state index is 12.7. The predicted molar refractivity (Wildman–Crippen MR) is 66.2 cm³/mol. The molecule has 2 heterocycles. The Morgan fingerprint density at radius 1 is 1.35 bits per heavy atom. The quantitative estimate of drug-likeness (QED) is 0.844. The average molecular weight is 283 g/mol. The summed E-state index contributed by atoms with van der Waals surface area (Å²) >= 11 is 0. The maximum Gasteiger partial charge on any atom is 0.392 e. The van der Waals surface area contributed by atoms with Gasteiger partial charge >= 0.3 is 6.18 Å². The summed E-state index contributed by atoms with van der Waals surface area (Å²) in [6.45, 7) is 0. The van der Waals surface area contributed by atoms with Gasteiger partial charge in [0.25, 0.3) is 0 Å². The fourth-order valence-corrected chi connectivity index (χ4v) is 2.49. The van der Waals surface area contributed by atoms with Gasteiger partial charge in [-0.25, -0.2) is 4.98 Å². The van der Waals surface area contributed by atoms with Crippen molar-refractivity contribution < 1.29 is 13.2 Å². The third-order valence-electron chi connectivity index (χ3n) is 3.56. The van der Waals surface area contributed by atoms with Crippen molar-refractivity contribution in [3.63, 3.8) is 0 Å². The zero-order valence-corrected chi connectivity index (χ0v) is 10.4. The number of rotatable bonds is 1. The fraction of sp³-hybridized carbons (Fsp3) is 0.385. The topological polar surface area (TPSA) is 61.5 Å². The van der Waals surface area contributed by atoms with Crippen molar-refractivity contribution in [2.75, 3.05) is 0 Å². The second-order valence-corrected chi connectivity index (χ2v) is 4.93. The lowest BCUT2D eigenvalue weighted by molar-refractivity contribution is -0.177. The molecule has 1 atom stereocenters. The molecule has 0 spiro atoms. The Balaban J connectivity index is 1.93. The van der Waals surface area contributed by atoms with E-state index in [2.05, 4.69) is 15.0 Å². The molecule has 0 saturated carbocycles. The fourth-order valence-electron chi connectivity index (χ4n) is 2.49. The van der Waals surface area contributed by atoms with Crippen LogP contribution in [0.15, 0.2) is 23.1 Å². The van der Waals surface area contributed by atoms with Gasteiger partial charge in [-0.3, -0.25) is 4.79 Å². The van der Waals surface area contributed by atoms with E-state index in [9.17, 15) is 18.0 Å². The molecule has 0 amide bonds. The average Bonchev–Trinajstić information content (AvgIpc) is 2.80. The van der Waals surface area contributed by atoms with E-state index in [1.807, 2.05) is 0 Å². The molecular formula is C13H12F3N3O. The molecule has 2 N–H and O–H groups in total. The first-order valence-electron chi connectivity index (χ1n) is 6.27. The predicted octanol–water partition coefficient (Wildman–Crippen LogP) is 2.43. The number of nitrogens with zero attached hydrogens (tertiary/aromatic N) is 1. The van der Waals surface area contributed by atoms with Crippen molar-refractivity contribution in [2.24, 2.45) is 5.92 Å². The molecule has 7 heteroatoms. The molecule has 2 aromatic heterocycles. The molecule has 0 bridgehead atoms. The third kappa shape index (κ3) is 2.35. The molecule has 3 rings (SSSR count). The number of hydrogen-bond donors (Lipinski definition) is 2. The Kier molecular flexibility index (Phi) is 2.92. The number of fused-ring (bicyclic) bond motifs is 1. The Bertz CT molecular complexity index is 687. The standard InChI is InChI=1S/C13H12F3N3O/c14-13(15,16)8-1-2-9-10(6-8)19-12(18-9)7-3-4-17-11(20)5-7/h3-5,8H,1-2,6H2,(H,17,20)(H,18,19). The van der Waals surface area contributed by atoms with Crippen molar-refractivity contribution in [3.05, 3.63) is 40.1 Å². The summed E-state index contributed by atoms with van der Waals surface area (Å²) in [7, 11) is 0. The van der Waals surface area contributed by atoms with Gasteiger partial charge in [0.1, 0.15) is 5.82 Å². The highest BCUT2D eigenvalue weighted by Crippen LogP contribution is 2.36. The minimum absolute atomic E-state index is 0.0656. The van der Waals surface area contributed by atoms with Crippen LogP contribution in [0.2, 0.25) is 0 Å². The monoisotopic (exact) mass is 283 g/mol. The van der Waals surface area contributed by atoms with E-state index < -0.39 is 12.1 Å². The molecule has 0 fully saturated rings. The minimum atomic E-state index is -4.17. The molecule has 1 aliphatic rings. The van der Waals surface area contributed by atoms with Crippen LogP contribution in [0.25, 0.3) is 11.4 Å². The van der Waals surface area contributed by atoms with Crippen LogP contribution < -0.4 is 5.56 Å². The van der Waals surface area contributed by atoms with Gasteiger partial charge in [0.05, 0.1) is 11.6 Å². The van der Waals surface area contributed by atoms with E-state index in [4.69, 9.17) is 0 Å². The van der Waals surface area contributed by atoms with Gasteiger partial charge in [-0.15, -0.1) is 0 Å². The van der Waals surface area contributed by atoms with E-state index in [0.29, 0.717) is 29.2 Å². The first kappa shape index (κ1) is 13.0. The third-order valence-corrected chi connectivity index (χ3v) is 3.56. The number of aryl methyl sites for hydroxylation is 1. The van der Waals surface area contributed by atoms with Crippen LogP contribution in [0.4, 0.5) is 13.2 Å². The molecule has 2 aromatic rings. The van der Waals surface area contributed by atoms with Crippen LogP contribution in [0.5, 0.6) is 0 Å². The van der Waals surface area contributed by atoms with Crippen molar-refractivity contribution in [1.82, 2.24) is 15.0 Å². The van der Waals surface area contributed by atoms with E-state index in [-0.39, 0.29) is 18.4 Å². The number of aromatic nitrogens is 3. The molecule has 0 aliphatic heterocycles. The molecule has 0 aromatic carbocycles. The molecular weight excluding hydrogens is 271 g/mol. The lowest BCUT2D eigenvalue weighted by atomic mass is 9.89. The smallest absolute Gasteiger partial charge is 0.342 e. The summed E-state index contributed by atoms with van der Waals surface area (Å²) in [5.74, 6) is -0.869. The highest BCUT2D eigenvalue weighted by Gasteiger charge is 2.42. The van der Waals surface area contributed by atoms with E-state index in [1.54, 1.807) is 6.07 Å². The summed E-state index contributed by atoms with van der Waals surface area (Å²) < 4.78 is 38.2. The van der Waals surface area contributed by atoms with E-state index >= 15 is 0 Å². The zero-order chi connectivity index (χ0) is 14.3. The lowest BCUT2D eigenvalue weighted by Crippen LogP contribution is -2.28. The Hall–Kier alpha value is -2.05. The van der Waals surface area contributed by atoms with E-state index in [0.717, 1.165) is 0 Å². The van der Waals surface area contributed by atoms with Gasteiger partial charge < -0.3 is 9.97 Å². The number of aromatic amines is 2. The number of nitrogens with one attached hydrogen (secondary N) is 2. The highest BCUT2D eigenvalue weighted by atomic mass is 19.4. The molecule has 0 radical (unpaired) electrons. The highest BCUT2D eigenvalue weighted by molar-refractivity contribution is 5.55. The number of H-pyrrole nitrogens is 2. The lowest BCUT2D eigenvalue weighted by Gasteiger charge is -2.23. The van der Waals surface area contributed by atoms with Gasteiger partial charge in [-0.05, 0) is 18.9 Å². The number of halogens is 3. The van der Waals surface area contributed by atoms with Crippen molar-refractivity contribution in [3.8, 4) is 11.4 Å². The SMILES string of the molecule is O=c1cc(-c2nc3c([nH]2)CC(C(F)(F)F)CC3)cc[nH]1. The van der Waals surface area contributed by atoms with Crippen molar-refractivity contribution >= 4 is 0 Å². The summed E-state index contributed by atoms with van der Waals surface area (Å²) in [6.07, 6.45) is -2.39. The number of imidazole rings is 1. The van der Waals surface area contributed by atoms with Crippen LogP contribution in [-0.4, -0.2) is 21.1 Å². The van der Waals surface area contributed by atoms with Crippen LogP contribution in [0, 0.1) is 5.92 Å². The number of pyridine rings is 1. The summed E-state index contributed by atoms with van der Waals surface area (Å²) in [6, 6.07) is 3.03. The molecule has 1 unspecified atom stereocenters. The van der Waals surface area contributed by atoms with E-state index in [1.165, 1.54) is 12.3 Å². The van der Waals surface area contributed by atoms with Crippen molar-refractivity contribution in [2.45, 2.75) is 25.4 Å². The van der Waals surface area contributed by atoms with Gasteiger partial charge in [0.2, 0.25) is 5.56 Å². The maximum absolute atomic E-state index is 12.7. The largest absolute Gasteiger partial charge is 0.392 e. The number of alkyl halides is 3. The van der Waals surface area contributed by atoms with Gasteiger partial charge in [0.15, 0.2) is 0 Å². The van der Waals surface area contributed by atoms with Crippen LogP contribution in [0.3, 0.4) is 0 Å². The van der Waals surface area contributed by atoms with Gasteiger partial charge in [-0.1, -0.05) is 0 Å². The number of hydrogen-bond acceptors (Lipinski definition) is 2. The van der Waals surface area contributed by atoms with Crippen molar-refractivity contribution in [1.29, 1.82) is 0 Å². The van der Waals surface area contributed by atoms with Crippen LogP contribution in [-0.2, 0) is 12.8 Å². The van der Waals surface area contributed by atoms with Gasteiger partial charge in [0, 0.05) is 29.9 Å². The minimum Gasteiger partial charge on any atom is -0.342 e. The Morgan fingerprint density at radius 3 is 2.85 bits per heavy atom. The Morgan fingerprint density at radius 2 is 2.15 bits per heavy atom. The van der Waals surface area contributed by atoms with Gasteiger partial charge in [-0.2, -0.15) is 13.2 Å². The molecule has 106 valence electrons. The van der Waals surface area contributed by atoms with Crippen LogP contribution in [0.1, 0.15) is 17.8 Å². The Labute approximate surface area is 112 Å². The summed E-state index contributed by atoms with van der Waals surface area (Å²) in [4.78, 5) is 20.9. The zero-order valence-electron chi connectivity index (χ0n) is 10.4. The first-order chi connectivity index (χ1) is 9.43. The first-order valence-corrected chi connectivity index (χ1v) is 6.27. The summed E-state index contributed by atoms with van der Waals surface area (Å²) in [5, 5.41) is 0.